The van der Waals surface area contributed by atoms with E-state index in [1.165, 1.54) is 11.8 Å². The van der Waals surface area contributed by atoms with Crippen LogP contribution in [-0.4, -0.2) is 27.2 Å². The molecule has 0 fully saturated rings. The fourth-order valence-corrected chi connectivity index (χ4v) is 3.33. The average molecular weight is 340 g/mol. The van der Waals surface area contributed by atoms with Crippen molar-refractivity contribution in [1.29, 1.82) is 0 Å². The lowest BCUT2D eigenvalue weighted by molar-refractivity contribution is -0.119. The first-order valence-electron chi connectivity index (χ1n) is 7.40. The maximum Gasteiger partial charge on any atom is 0.318 e. The molecule has 3 rings (SSSR count). The van der Waals surface area contributed by atoms with E-state index in [2.05, 4.69) is 14.9 Å². The number of nitrogens with zero attached hydrogens (tertiary/aromatic N) is 2. The number of para-hydroxylation sites is 3. The fraction of sp³-hybridized carbons (Fsp3) is 0.118. The number of carbonyl (C=O) groups is 2. The molecule has 0 unspecified atom stereocenters. The molecule has 1 heterocycles. The monoisotopic (exact) mass is 340 g/mol. The number of urea groups is 1. The van der Waals surface area contributed by atoms with Gasteiger partial charge in [0, 0.05) is 17.9 Å². The first kappa shape index (κ1) is 16.1. The summed E-state index contributed by atoms with van der Waals surface area (Å²) in [6.07, 6.45) is 0.186. The van der Waals surface area contributed by atoms with Gasteiger partial charge in [-0.25, -0.2) is 9.78 Å². The van der Waals surface area contributed by atoms with Gasteiger partial charge in [0.2, 0.25) is 5.91 Å². The quantitative estimate of drug-likeness (QED) is 0.699. The Labute approximate surface area is 143 Å². The fourth-order valence-electron chi connectivity index (χ4n) is 2.36. The number of rotatable bonds is 5. The van der Waals surface area contributed by atoms with Crippen LogP contribution in [0.1, 0.15) is 6.42 Å². The number of nitrogens with two attached hydrogens (primary N) is 1. The molecule has 6 nitrogen and oxygen atoms in total. The minimum atomic E-state index is -0.832. The van der Waals surface area contributed by atoms with Gasteiger partial charge >= 0.3 is 6.03 Å². The summed E-state index contributed by atoms with van der Waals surface area (Å²) in [5.41, 5.74) is 7.84. The van der Waals surface area contributed by atoms with Crippen molar-refractivity contribution in [2.75, 3.05) is 5.75 Å². The highest BCUT2D eigenvalue weighted by Gasteiger charge is 2.13. The van der Waals surface area contributed by atoms with Crippen molar-refractivity contribution in [3.05, 3.63) is 54.6 Å². The van der Waals surface area contributed by atoms with E-state index in [0.717, 1.165) is 21.9 Å². The van der Waals surface area contributed by atoms with Gasteiger partial charge in [-0.15, -0.1) is 0 Å². The molecule has 7 heteroatoms. The Kier molecular flexibility index (Phi) is 4.81. The summed E-state index contributed by atoms with van der Waals surface area (Å²) in [7, 11) is 0. The van der Waals surface area contributed by atoms with Crippen LogP contribution in [-0.2, 0) is 4.79 Å². The number of thioether (sulfide) groups is 1. The highest BCUT2D eigenvalue weighted by molar-refractivity contribution is 7.99. The number of aromatic nitrogens is 2. The normalized spacial score (nSPS) is 10.7. The molecule has 0 aliphatic heterocycles. The number of benzene rings is 2. The van der Waals surface area contributed by atoms with E-state index in [0.29, 0.717) is 5.75 Å². The van der Waals surface area contributed by atoms with Gasteiger partial charge in [-0.3, -0.25) is 14.7 Å². The van der Waals surface area contributed by atoms with Crippen molar-refractivity contribution in [3.63, 3.8) is 0 Å². The summed E-state index contributed by atoms with van der Waals surface area (Å²) >= 11 is 1.46. The van der Waals surface area contributed by atoms with E-state index in [-0.39, 0.29) is 6.42 Å². The Bertz CT molecular complexity index is 877. The van der Waals surface area contributed by atoms with Crippen LogP contribution >= 0.6 is 11.8 Å². The van der Waals surface area contributed by atoms with Crippen molar-refractivity contribution < 1.29 is 9.59 Å². The van der Waals surface area contributed by atoms with Crippen LogP contribution in [0.3, 0.4) is 0 Å². The van der Waals surface area contributed by atoms with Gasteiger partial charge in [0.25, 0.3) is 0 Å². The highest BCUT2D eigenvalue weighted by Crippen LogP contribution is 2.28. The number of nitrogens with one attached hydrogen (secondary N) is 1. The van der Waals surface area contributed by atoms with E-state index >= 15 is 0 Å². The summed E-state index contributed by atoms with van der Waals surface area (Å²) in [5.74, 6) is 0.104. The largest absolute Gasteiger partial charge is 0.351 e. The molecule has 24 heavy (non-hydrogen) atoms. The van der Waals surface area contributed by atoms with E-state index in [4.69, 9.17) is 5.73 Å². The highest BCUT2D eigenvalue weighted by atomic mass is 32.2. The zero-order chi connectivity index (χ0) is 16.9. The Morgan fingerprint density at radius 3 is 2.54 bits per heavy atom. The molecule has 0 atom stereocenters. The van der Waals surface area contributed by atoms with Gasteiger partial charge in [0.05, 0.1) is 11.0 Å². The molecular formula is C17H16N4O2S. The minimum Gasteiger partial charge on any atom is -0.351 e. The third-order valence-electron chi connectivity index (χ3n) is 3.37. The van der Waals surface area contributed by atoms with E-state index in [1.54, 1.807) is 0 Å². The van der Waals surface area contributed by atoms with Crippen LogP contribution < -0.4 is 11.1 Å². The van der Waals surface area contributed by atoms with Crippen LogP contribution in [0.2, 0.25) is 0 Å². The molecule has 3 aromatic rings. The molecule has 0 aliphatic carbocycles. The maximum absolute atomic E-state index is 11.5. The zero-order valence-electron chi connectivity index (χ0n) is 12.8. The molecule has 0 aliphatic rings. The standard InChI is InChI=1S/C17H16N4O2S/c18-16(23)20-15(22)10-11-24-17-19-13-8-4-5-9-14(13)21(17)12-6-2-1-3-7-12/h1-9H,10-11H2,(H3,18,20,22,23). The SMILES string of the molecule is NC(=O)NC(=O)CCSc1nc2ccccc2n1-c1ccccc1. The van der Waals surface area contributed by atoms with Gasteiger partial charge in [0.15, 0.2) is 5.16 Å². The van der Waals surface area contributed by atoms with Gasteiger partial charge in [-0.1, -0.05) is 42.1 Å². The Balaban J connectivity index is 1.85. The number of amides is 3. The molecule has 0 bridgehead atoms. The topological polar surface area (TPSA) is 90.0 Å². The Morgan fingerprint density at radius 2 is 1.79 bits per heavy atom. The summed E-state index contributed by atoms with van der Waals surface area (Å²) in [5, 5.41) is 2.86. The molecular weight excluding hydrogens is 324 g/mol. The summed E-state index contributed by atoms with van der Waals surface area (Å²) < 4.78 is 2.06. The van der Waals surface area contributed by atoms with E-state index in [9.17, 15) is 9.59 Å². The molecule has 2 aromatic carbocycles. The lowest BCUT2D eigenvalue weighted by Gasteiger charge is -2.08. The number of primary amides is 1. The number of imide groups is 1. The third-order valence-corrected chi connectivity index (χ3v) is 4.31. The molecule has 0 saturated heterocycles. The van der Waals surface area contributed by atoms with Crippen molar-refractivity contribution in [3.8, 4) is 5.69 Å². The van der Waals surface area contributed by atoms with Crippen molar-refractivity contribution in [2.45, 2.75) is 11.6 Å². The number of hydrogen-bond acceptors (Lipinski definition) is 4. The number of imidazole rings is 1. The smallest absolute Gasteiger partial charge is 0.318 e. The number of fused-ring (bicyclic) bond motifs is 1. The molecule has 122 valence electrons. The second kappa shape index (κ2) is 7.18. The number of hydrogen-bond donors (Lipinski definition) is 2. The molecule has 0 spiro atoms. The van der Waals surface area contributed by atoms with Crippen LogP contribution in [0.4, 0.5) is 4.79 Å². The predicted octanol–water partition coefficient (Wildman–Crippen LogP) is 2.70. The van der Waals surface area contributed by atoms with Crippen molar-refractivity contribution >= 4 is 34.7 Å². The lowest BCUT2D eigenvalue weighted by atomic mass is 10.3. The predicted molar refractivity (Wildman–Crippen MR) is 94.1 cm³/mol. The second-order valence-corrected chi connectivity index (χ2v) is 6.13. The van der Waals surface area contributed by atoms with Crippen molar-refractivity contribution in [2.24, 2.45) is 5.73 Å². The van der Waals surface area contributed by atoms with Gasteiger partial charge in [-0.2, -0.15) is 0 Å². The minimum absolute atomic E-state index is 0.186. The molecule has 0 saturated carbocycles. The van der Waals surface area contributed by atoms with E-state index in [1.807, 2.05) is 54.6 Å². The lowest BCUT2D eigenvalue weighted by Crippen LogP contribution is -2.35. The van der Waals surface area contributed by atoms with Gasteiger partial charge < -0.3 is 5.73 Å². The summed E-state index contributed by atoms with van der Waals surface area (Å²) in [4.78, 5) is 26.8. The van der Waals surface area contributed by atoms with Crippen LogP contribution in [0.5, 0.6) is 0 Å². The van der Waals surface area contributed by atoms with Crippen LogP contribution in [0.25, 0.3) is 16.7 Å². The molecule has 1 aromatic heterocycles. The van der Waals surface area contributed by atoms with E-state index < -0.39 is 11.9 Å². The molecule has 0 radical (unpaired) electrons. The third kappa shape index (κ3) is 3.57. The molecule has 3 amide bonds. The maximum atomic E-state index is 11.5. The average Bonchev–Trinajstić information content (AvgIpc) is 2.93. The van der Waals surface area contributed by atoms with Gasteiger partial charge in [0.1, 0.15) is 0 Å². The van der Waals surface area contributed by atoms with Crippen LogP contribution in [0, 0.1) is 0 Å². The Hall–Kier alpha value is -2.80. The second-order valence-electron chi connectivity index (χ2n) is 5.06. The summed E-state index contributed by atoms with van der Waals surface area (Å²) in [6.45, 7) is 0. The zero-order valence-corrected chi connectivity index (χ0v) is 13.6. The molecule has 3 N–H and O–H groups in total. The first-order chi connectivity index (χ1) is 11.6. The van der Waals surface area contributed by atoms with Crippen molar-refractivity contribution in [1.82, 2.24) is 14.9 Å². The van der Waals surface area contributed by atoms with Crippen LogP contribution in [0.15, 0.2) is 59.8 Å². The van der Waals surface area contributed by atoms with Gasteiger partial charge in [-0.05, 0) is 24.3 Å². The number of carbonyl (C=O) groups excluding carboxylic acids is 2. The Morgan fingerprint density at radius 1 is 1.08 bits per heavy atom. The first-order valence-corrected chi connectivity index (χ1v) is 8.38. The summed E-state index contributed by atoms with van der Waals surface area (Å²) in [6, 6.07) is 17.0.